The standard InChI is InChI=1S/C9H8N2OS2/c10-14(12)9-11-8(6-13-9)7-4-2-1-3-5-7/h1-6H,10H2. The Kier molecular flexibility index (Phi) is 2.72. The zero-order valence-electron chi connectivity index (χ0n) is 7.21. The topological polar surface area (TPSA) is 56.0 Å². The van der Waals surface area contributed by atoms with Crippen molar-refractivity contribution in [3.8, 4) is 11.3 Å². The first-order chi connectivity index (χ1) is 6.77. The van der Waals surface area contributed by atoms with Gasteiger partial charge in [-0.25, -0.2) is 14.3 Å². The molecule has 0 aliphatic rings. The fourth-order valence-electron chi connectivity index (χ4n) is 1.09. The predicted molar refractivity (Wildman–Crippen MR) is 58.1 cm³/mol. The van der Waals surface area contributed by atoms with Gasteiger partial charge in [0.15, 0.2) is 15.3 Å². The zero-order chi connectivity index (χ0) is 9.97. The lowest BCUT2D eigenvalue weighted by molar-refractivity contribution is 0.684. The van der Waals surface area contributed by atoms with E-state index in [-0.39, 0.29) is 0 Å². The third-order valence-electron chi connectivity index (χ3n) is 1.72. The molecule has 0 fully saturated rings. The van der Waals surface area contributed by atoms with Gasteiger partial charge in [0, 0.05) is 10.9 Å². The molecule has 2 aromatic rings. The van der Waals surface area contributed by atoms with E-state index in [9.17, 15) is 4.21 Å². The molecule has 0 saturated carbocycles. The smallest absolute Gasteiger partial charge is 0.196 e. The summed E-state index contributed by atoms with van der Waals surface area (Å²) in [6, 6.07) is 9.73. The highest BCUT2D eigenvalue weighted by Crippen LogP contribution is 2.22. The highest BCUT2D eigenvalue weighted by molar-refractivity contribution is 7.84. The van der Waals surface area contributed by atoms with Crippen LogP contribution in [0.1, 0.15) is 0 Å². The second-order valence-corrected chi connectivity index (χ2v) is 4.76. The number of thiazole rings is 1. The van der Waals surface area contributed by atoms with Crippen molar-refractivity contribution in [2.45, 2.75) is 4.34 Å². The quantitative estimate of drug-likeness (QED) is 0.845. The van der Waals surface area contributed by atoms with Gasteiger partial charge >= 0.3 is 0 Å². The molecular formula is C9H8N2OS2. The van der Waals surface area contributed by atoms with E-state index in [1.165, 1.54) is 11.3 Å². The lowest BCUT2D eigenvalue weighted by Gasteiger charge is -1.93. The number of rotatable bonds is 2. The molecule has 0 amide bonds. The van der Waals surface area contributed by atoms with Crippen LogP contribution in [0.15, 0.2) is 40.1 Å². The maximum atomic E-state index is 10.9. The third-order valence-corrected chi connectivity index (χ3v) is 3.58. The lowest BCUT2D eigenvalue weighted by atomic mass is 10.2. The minimum atomic E-state index is -1.47. The van der Waals surface area contributed by atoms with E-state index < -0.39 is 11.0 Å². The van der Waals surface area contributed by atoms with Crippen LogP contribution in [0.5, 0.6) is 0 Å². The molecule has 1 atom stereocenters. The van der Waals surface area contributed by atoms with Crippen LogP contribution in [0.2, 0.25) is 0 Å². The summed E-state index contributed by atoms with van der Waals surface area (Å²) in [7, 11) is -1.47. The maximum Gasteiger partial charge on any atom is 0.196 e. The molecule has 2 N–H and O–H groups in total. The average Bonchev–Trinajstić information content (AvgIpc) is 2.68. The SMILES string of the molecule is NS(=O)c1nc(-c2ccccc2)cs1. The van der Waals surface area contributed by atoms with Crippen LogP contribution >= 0.6 is 11.3 Å². The van der Waals surface area contributed by atoms with Gasteiger partial charge in [-0.05, 0) is 0 Å². The molecule has 5 heteroatoms. The van der Waals surface area contributed by atoms with E-state index in [4.69, 9.17) is 5.14 Å². The van der Waals surface area contributed by atoms with Gasteiger partial charge in [0.1, 0.15) is 0 Å². The Morgan fingerprint density at radius 3 is 2.57 bits per heavy atom. The second-order valence-electron chi connectivity index (χ2n) is 2.66. The number of benzene rings is 1. The third kappa shape index (κ3) is 1.89. The molecule has 0 saturated heterocycles. The zero-order valence-corrected chi connectivity index (χ0v) is 8.85. The molecule has 0 spiro atoms. The highest BCUT2D eigenvalue weighted by atomic mass is 32.2. The second kappa shape index (κ2) is 4.00. The largest absolute Gasteiger partial charge is 0.246 e. The van der Waals surface area contributed by atoms with Crippen LogP contribution in [-0.4, -0.2) is 9.19 Å². The van der Waals surface area contributed by atoms with E-state index in [1.54, 1.807) is 0 Å². The van der Waals surface area contributed by atoms with Crippen molar-refractivity contribution in [1.82, 2.24) is 4.98 Å². The summed E-state index contributed by atoms with van der Waals surface area (Å²) < 4.78 is 11.4. The molecule has 1 aromatic heterocycles. The van der Waals surface area contributed by atoms with Gasteiger partial charge in [-0.1, -0.05) is 30.3 Å². The van der Waals surface area contributed by atoms with Crippen LogP contribution in [-0.2, 0) is 11.0 Å². The van der Waals surface area contributed by atoms with Crippen LogP contribution in [0, 0.1) is 0 Å². The summed E-state index contributed by atoms with van der Waals surface area (Å²) in [5.74, 6) is 0. The van der Waals surface area contributed by atoms with Gasteiger partial charge < -0.3 is 0 Å². The first kappa shape index (κ1) is 9.51. The van der Waals surface area contributed by atoms with Crippen molar-refractivity contribution in [3.05, 3.63) is 35.7 Å². The van der Waals surface area contributed by atoms with Crippen LogP contribution in [0.4, 0.5) is 0 Å². The average molecular weight is 224 g/mol. The fourth-order valence-corrected chi connectivity index (χ4v) is 2.36. The summed E-state index contributed by atoms with van der Waals surface area (Å²) in [5.41, 5.74) is 1.84. The van der Waals surface area contributed by atoms with Gasteiger partial charge in [-0.15, -0.1) is 11.3 Å². The van der Waals surface area contributed by atoms with Crippen LogP contribution in [0.25, 0.3) is 11.3 Å². The lowest BCUT2D eigenvalue weighted by Crippen LogP contribution is -2.01. The predicted octanol–water partition coefficient (Wildman–Crippen LogP) is 1.79. The number of aromatic nitrogens is 1. The van der Waals surface area contributed by atoms with Crippen molar-refractivity contribution >= 4 is 22.3 Å². The first-order valence-electron chi connectivity index (χ1n) is 3.94. The van der Waals surface area contributed by atoms with Gasteiger partial charge in [0.05, 0.1) is 5.69 Å². The Labute approximate surface area is 88.2 Å². The van der Waals surface area contributed by atoms with Crippen LogP contribution < -0.4 is 5.14 Å². The first-order valence-corrected chi connectivity index (χ1v) is 6.04. The molecule has 3 nitrogen and oxygen atoms in total. The van der Waals surface area contributed by atoms with Gasteiger partial charge in [-0.3, -0.25) is 0 Å². The molecule has 2 rings (SSSR count). The minimum Gasteiger partial charge on any atom is -0.246 e. The number of nitrogens with zero attached hydrogens (tertiary/aromatic N) is 1. The fraction of sp³-hybridized carbons (Fsp3) is 0. The number of hydrogen-bond donors (Lipinski definition) is 1. The molecule has 72 valence electrons. The van der Waals surface area contributed by atoms with Gasteiger partial charge in [0.25, 0.3) is 0 Å². The molecule has 14 heavy (non-hydrogen) atoms. The Morgan fingerprint density at radius 1 is 1.29 bits per heavy atom. The van der Waals surface area contributed by atoms with Crippen molar-refractivity contribution in [2.75, 3.05) is 0 Å². The minimum absolute atomic E-state index is 0.462. The van der Waals surface area contributed by atoms with Crippen molar-refractivity contribution in [2.24, 2.45) is 5.14 Å². The highest BCUT2D eigenvalue weighted by Gasteiger charge is 2.06. The summed E-state index contributed by atoms with van der Waals surface area (Å²) in [5, 5.41) is 7.08. The monoisotopic (exact) mass is 224 g/mol. The van der Waals surface area contributed by atoms with E-state index in [2.05, 4.69) is 4.98 Å². The molecule has 1 unspecified atom stereocenters. The Bertz CT molecular complexity index is 453. The summed E-state index contributed by atoms with van der Waals surface area (Å²) in [6.07, 6.45) is 0. The summed E-state index contributed by atoms with van der Waals surface area (Å²) >= 11 is 1.32. The van der Waals surface area contributed by atoms with E-state index in [1.807, 2.05) is 35.7 Å². The van der Waals surface area contributed by atoms with Gasteiger partial charge in [-0.2, -0.15) is 0 Å². The Morgan fingerprint density at radius 2 is 2.00 bits per heavy atom. The summed E-state index contributed by atoms with van der Waals surface area (Å²) in [6.45, 7) is 0. The molecular weight excluding hydrogens is 216 g/mol. The molecule has 1 heterocycles. The molecule has 0 radical (unpaired) electrons. The van der Waals surface area contributed by atoms with E-state index in [0.717, 1.165) is 11.3 Å². The van der Waals surface area contributed by atoms with E-state index >= 15 is 0 Å². The molecule has 0 aliphatic carbocycles. The Balaban J connectivity index is 2.39. The van der Waals surface area contributed by atoms with Crippen molar-refractivity contribution < 1.29 is 4.21 Å². The van der Waals surface area contributed by atoms with Crippen LogP contribution in [0.3, 0.4) is 0 Å². The maximum absolute atomic E-state index is 10.9. The Hall–Kier alpha value is -1.04. The molecule has 0 bridgehead atoms. The number of nitrogens with two attached hydrogens (primary N) is 1. The molecule has 0 aliphatic heterocycles. The van der Waals surface area contributed by atoms with Gasteiger partial charge in [0.2, 0.25) is 0 Å². The molecule has 1 aromatic carbocycles. The van der Waals surface area contributed by atoms with Crippen molar-refractivity contribution in [3.63, 3.8) is 0 Å². The van der Waals surface area contributed by atoms with Crippen molar-refractivity contribution in [1.29, 1.82) is 0 Å². The van der Waals surface area contributed by atoms with E-state index in [0.29, 0.717) is 4.34 Å². The number of hydrogen-bond acceptors (Lipinski definition) is 3. The normalized spacial score (nSPS) is 12.6. The summed E-state index contributed by atoms with van der Waals surface area (Å²) in [4.78, 5) is 4.17.